The minimum atomic E-state index is -0.318. The number of carbonyl (C=O) groups excluding carboxylic acids is 1. The molecule has 5 heteroatoms. The second-order valence-corrected chi connectivity index (χ2v) is 6.98. The fourth-order valence-corrected chi connectivity index (χ4v) is 2.50. The summed E-state index contributed by atoms with van der Waals surface area (Å²) in [5.41, 5.74) is 13.8. The van der Waals surface area contributed by atoms with Crippen LogP contribution in [0.4, 0.5) is 17.1 Å². The Morgan fingerprint density at radius 1 is 1.22 bits per heavy atom. The topological polar surface area (TPSA) is 81.6 Å². The van der Waals surface area contributed by atoms with E-state index in [2.05, 4.69) is 22.6 Å². The van der Waals surface area contributed by atoms with Gasteiger partial charge in [0, 0.05) is 18.8 Å². The van der Waals surface area contributed by atoms with Crippen LogP contribution in [-0.2, 0) is 9.53 Å². The van der Waals surface area contributed by atoms with E-state index in [-0.39, 0.29) is 5.60 Å². The fraction of sp³-hybridized carbons (Fsp3) is 0.611. The van der Waals surface area contributed by atoms with Gasteiger partial charge in [-0.2, -0.15) is 0 Å². The highest BCUT2D eigenvalue weighted by atomic mass is 16.5. The minimum absolute atomic E-state index is 0.318. The molecule has 1 aromatic carbocycles. The Bertz CT molecular complexity index is 490. The molecular formula is C18H31N3O2. The molecule has 23 heavy (non-hydrogen) atoms. The van der Waals surface area contributed by atoms with Crippen LogP contribution in [0.2, 0.25) is 0 Å². The van der Waals surface area contributed by atoms with E-state index in [1.165, 1.54) is 24.9 Å². The number of benzene rings is 1. The van der Waals surface area contributed by atoms with Gasteiger partial charge in [0.2, 0.25) is 0 Å². The number of nitrogen functional groups attached to an aromatic ring is 2. The highest BCUT2D eigenvalue weighted by Gasteiger charge is 2.18. The van der Waals surface area contributed by atoms with Crippen molar-refractivity contribution in [3.8, 4) is 0 Å². The van der Waals surface area contributed by atoms with E-state index in [4.69, 9.17) is 11.5 Å². The number of anilines is 3. The van der Waals surface area contributed by atoms with Crippen molar-refractivity contribution in [2.24, 2.45) is 5.92 Å². The van der Waals surface area contributed by atoms with Gasteiger partial charge in [0.1, 0.15) is 5.60 Å². The number of nitrogens with two attached hydrogens (primary N) is 2. The molecule has 0 radical (unpaired) electrons. The number of nitrogens with zero attached hydrogens (tertiary/aromatic N) is 1. The van der Waals surface area contributed by atoms with Crippen molar-refractivity contribution >= 4 is 23.5 Å². The summed E-state index contributed by atoms with van der Waals surface area (Å²) >= 11 is 0. The second kappa shape index (κ2) is 8.65. The summed E-state index contributed by atoms with van der Waals surface area (Å²) in [5.74, 6) is 0.905. The van der Waals surface area contributed by atoms with Gasteiger partial charge in [0.15, 0.2) is 0 Å². The van der Waals surface area contributed by atoms with E-state index in [9.17, 15) is 4.79 Å². The molecule has 0 spiro atoms. The van der Waals surface area contributed by atoms with Gasteiger partial charge < -0.3 is 21.1 Å². The predicted octanol–water partition coefficient (Wildman–Crippen LogP) is 3.44. The van der Waals surface area contributed by atoms with Crippen LogP contribution in [0.5, 0.6) is 0 Å². The molecule has 2 rings (SSSR count). The lowest BCUT2D eigenvalue weighted by Gasteiger charge is -2.33. The van der Waals surface area contributed by atoms with E-state index >= 15 is 0 Å². The molecule has 130 valence electrons. The largest absolute Gasteiger partial charge is 0.462 e. The number of ether oxygens (including phenoxy) is 1. The number of hydrogen-bond donors (Lipinski definition) is 2. The van der Waals surface area contributed by atoms with Crippen molar-refractivity contribution < 1.29 is 9.53 Å². The SMILES string of the molecule is CC(C)(C)OC=O.CCC1CCN(c2ccc(N)c(N)c2)CC1. The van der Waals surface area contributed by atoms with Crippen molar-refractivity contribution in [3.63, 3.8) is 0 Å². The van der Waals surface area contributed by atoms with Gasteiger partial charge in [-0.25, -0.2) is 0 Å². The zero-order valence-electron chi connectivity index (χ0n) is 14.8. The quantitative estimate of drug-likeness (QED) is 0.658. The summed E-state index contributed by atoms with van der Waals surface area (Å²) in [5, 5.41) is 0. The first kappa shape index (κ1) is 19.1. The van der Waals surface area contributed by atoms with Crippen molar-refractivity contribution in [3.05, 3.63) is 18.2 Å². The molecule has 0 amide bonds. The van der Waals surface area contributed by atoms with Gasteiger partial charge in [0.05, 0.1) is 11.4 Å². The number of carbonyl (C=O) groups is 1. The second-order valence-electron chi connectivity index (χ2n) is 6.98. The molecule has 1 heterocycles. The lowest BCUT2D eigenvalue weighted by atomic mass is 9.94. The predicted molar refractivity (Wildman–Crippen MR) is 97.4 cm³/mol. The van der Waals surface area contributed by atoms with E-state index in [0.29, 0.717) is 17.8 Å². The molecular weight excluding hydrogens is 290 g/mol. The van der Waals surface area contributed by atoms with Gasteiger partial charge in [-0.3, -0.25) is 4.79 Å². The van der Waals surface area contributed by atoms with Gasteiger partial charge >= 0.3 is 0 Å². The van der Waals surface area contributed by atoms with Crippen molar-refractivity contribution in [1.29, 1.82) is 0 Å². The highest BCUT2D eigenvalue weighted by molar-refractivity contribution is 5.69. The third-order valence-electron chi connectivity index (χ3n) is 4.03. The van der Waals surface area contributed by atoms with Crippen molar-refractivity contribution in [2.75, 3.05) is 29.5 Å². The van der Waals surface area contributed by atoms with Crippen LogP contribution in [-0.4, -0.2) is 25.2 Å². The standard InChI is InChI=1S/C13H21N3.C5H10O2/c1-2-10-5-7-16(8-6-10)11-3-4-12(14)13(15)9-11;1-5(2,3)7-4-6/h3-4,9-10H,2,5-8,14-15H2,1H3;4H,1-3H3. The van der Waals surface area contributed by atoms with Gasteiger partial charge in [0.25, 0.3) is 6.47 Å². The maximum atomic E-state index is 9.60. The zero-order valence-corrected chi connectivity index (χ0v) is 14.8. The first-order chi connectivity index (χ1) is 10.8. The van der Waals surface area contributed by atoms with Crippen molar-refractivity contribution in [1.82, 2.24) is 0 Å². The molecule has 4 N–H and O–H groups in total. The highest BCUT2D eigenvalue weighted by Crippen LogP contribution is 2.28. The van der Waals surface area contributed by atoms with Crippen LogP contribution in [0, 0.1) is 5.92 Å². The maximum absolute atomic E-state index is 9.60. The van der Waals surface area contributed by atoms with E-state index in [0.717, 1.165) is 19.0 Å². The average molecular weight is 321 g/mol. The molecule has 0 unspecified atom stereocenters. The van der Waals surface area contributed by atoms with Crippen LogP contribution in [0.15, 0.2) is 18.2 Å². The van der Waals surface area contributed by atoms with Gasteiger partial charge in [-0.1, -0.05) is 13.3 Å². The third-order valence-corrected chi connectivity index (χ3v) is 4.03. The number of rotatable bonds is 3. The Kier molecular flexibility index (Phi) is 7.20. The summed E-state index contributed by atoms with van der Waals surface area (Å²) in [6.45, 7) is 10.5. The number of piperidine rings is 1. The molecule has 0 saturated carbocycles. The molecule has 0 bridgehead atoms. The van der Waals surface area contributed by atoms with Crippen LogP contribution in [0.25, 0.3) is 0 Å². The third kappa shape index (κ3) is 6.80. The molecule has 0 aromatic heterocycles. The Morgan fingerprint density at radius 2 is 1.83 bits per heavy atom. The molecule has 0 aliphatic carbocycles. The Balaban J connectivity index is 0.000000322. The zero-order chi connectivity index (χ0) is 17.5. The Hall–Kier alpha value is -1.91. The molecule has 1 aliphatic heterocycles. The molecule has 1 saturated heterocycles. The molecule has 5 nitrogen and oxygen atoms in total. The molecule has 1 fully saturated rings. The molecule has 1 aromatic rings. The molecule has 0 atom stereocenters. The Morgan fingerprint density at radius 3 is 2.22 bits per heavy atom. The van der Waals surface area contributed by atoms with Crippen LogP contribution in [0.1, 0.15) is 47.0 Å². The summed E-state index contributed by atoms with van der Waals surface area (Å²) in [7, 11) is 0. The monoisotopic (exact) mass is 321 g/mol. The lowest BCUT2D eigenvalue weighted by Crippen LogP contribution is -2.33. The average Bonchev–Trinajstić information content (AvgIpc) is 2.50. The number of hydrogen-bond acceptors (Lipinski definition) is 5. The fourth-order valence-electron chi connectivity index (χ4n) is 2.50. The normalized spacial score (nSPS) is 15.6. The summed E-state index contributed by atoms with van der Waals surface area (Å²) in [6, 6.07) is 5.95. The van der Waals surface area contributed by atoms with Gasteiger partial charge in [-0.05, 0) is 57.7 Å². The van der Waals surface area contributed by atoms with E-state index in [1.54, 1.807) is 0 Å². The van der Waals surface area contributed by atoms with Crippen LogP contribution in [0.3, 0.4) is 0 Å². The lowest BCUT2D eigenvalue weighted by molar-refractivity contribution is -0.138. The first-order valence-corrected chi connectivity index (χ1v) is 8.28. The maximum Gasteiger partial charge on any atom is 0.293 e. The smallest absolute Gasteiger partial charge is 0.293 e. The summed E-state index contributed by atoms with van der Waals surface area (Å²) < 4.78 is 4.55. The van der Waals surface area contributed by atoms with Crippen molar-refractivity contribution in [2.45, 2.75) is 52.6 Å². The van der Waals surface area contributed by atoms with Gasteiger partial charge in [-0.15, -0.1) is 0 Å². The van der Waals surface area contributed by atoms with Crippen LogP contribution < -0.4 is 16.4 Å². The Labute approximate surface area is 140 Å². The van der Waals surface area contributed by atoms with Crippen LogP contribution >= 0.6 is 0 Å². The first-order valence-electron chi connectivity index (χ1n) is 8.28. The molecule has 1 aliphatic rings. The minimum Gasteiger partial charge on any atom is -0.462 e. The summed E-state index contributed by atoms with van der Waals surface area (Å²) in [6.07, 6.45) is 3.89. The summed E-state index contributed by atoms with van der Waals surface area (Å²) in [4.78, 5) is 12.0. The van der Waals surface area contributed by atoms with E-state index in [1.807, 2.05) is 32.9 Å². The van der Waals surface area contributed by atoms with E-state index < -0.39 is 0 Å².